The van der Waals surface area contributed by atoms with Crippen molar-refractivity contribution >= 4 is 0 Å². The third kappa shape index (κ3) is 2.68. The molecule has 1 rings (SSSR count). The van der Waals surface area contributed by atoms with Crippen LogP contribution in [0.3, 0.4) is 0 Å². The molecule has 0 amide bonds. The van der Waals surface area contributed by atoms with Crippen LogP contribution in [0.25, 0.3) is 0 Å². The Morgan fingerprint density at radius 2 is 1.50 bits per heavy atom. The predicted octanol–water partition coefficient (Wildman–Crippen LogP) is 2.33. The van der Waals surface area contributed by atoms with Gasteiger partial charge in [-0.2, -0.15) is 9.81 Å². The topological polar surface area (TPSA) is 58.9 Å². The van der Waals surface area contributed by atoms with Crippen molar-refractivity contribution in [3.05, 3.63) is 9.81 Å². The lowest BCUT2D eigenvalue weighted by Crippen LogP contribution is -2.19. The molecule has 68 valence electrons. The maximum absolute atomic E-state index is 10.0. The molecule has 0 aromatic heterocycles. The van der Waals surface area contributed by atoms with E-state index in [4.69, 9.17) is 0 Å². The van der Waals surface area contributed by atoms with Gasteiger partial charge in [0.05, 0.1) is 13.1 Å². The molecule has 0 aliphatic heterocycles. The molecule has 0 aromatic rings. The number of nitroso groups, excluding NO2 is 2. The zero-order valence-electron chi connectivity index (χ0n) is 7.11. The third-order valence-electron chi connectivity index (χ3n) is 2.56. The van der Waals surface area contributed by atoms with Crippen LogP contribution >= 0.6 is 0 Å². The quantitative estimate of drug-likeness (QED) is 0.608. The molecule has 0 heterocycles. The van der Waals surface area contributed by atoms with Crippen molar-refractivity contribution in [3.63, 3.8) is 0 Å². The van der Waals surface area contributed by atoms with Gasteiger partial charge in [-0.15, -0.1) is 0 Å². The van der Waals surface area contributed by atoms with Crippen molar-refractivity contribution in [1.29, 1.82) is 0 Å². The monoisotopic (exact) mass is 170 g/mol. The maximum atomic E-state index is 10.0. The van der Waals surface area contributed by atoms with E-state index >= 15 is 0 Å². The van der Waals surface area contributed by atoms with Gasteiger partial charge in [-0.3, -0.25) is 0 Å². The number of rotatable bonds is 4. The number of hydrogen-bond donors (Lipinski definition) is 0. The van der Waals surface area contributed by atoms with Crippen LogP contribution in [-0.4, -0.2) is 13.1 Å². The fraction of sp³-hybridized carbons (Fsp3) is 1.00. The highest BCUT2D eigenvalue weighted by atomic mass is 16.3. The molecular formula is C8H14N2O2. The molecular weight excluding hydrogens is 156 g/mol. The molecule has 2 unspecified atom stereocenters. The SMILES string of the molecule is O=NCC1CCCC(CN=O)C1. The molecule has 12 heavy (non-hydrogen) atoms. The van der Waals surface area contributed by atoms with E-state index < -0.39 is 0 Å². The molecule has 4 nitrogen and oxygen atoms in total. The highest BCUT2D eigenvalue weighted by Crippen LogP contribution is 2.29. The van der Waals surface area contributed by atoms with Crippen molar-refractivity contribution < 1.29 is 0 Å². The average Bonchev–Trinajstić information content (AvgIpc) is 2.06. The molecule has 0 bridgehead atoms. The normalized spacial score (nSPS) is 29.7. The largest absolute Gasteiger partial charge is 0.151 e. The summed E-state index contributed by atoms with van der Waals surface area (Å²) in [4.78, 5) is 20.0. The van der Waals surface area contributed by atoms with E-state index in [2.05, 4.69) is 10.4 Å². The van der Waals surface area contributed by atoms with Crippen LogP contribution in [0.1, 0.15) is 25.7 Å². The van der Waals surface area contributed by atoms with Crippen LogP contribution < -0.4 is 0 Å². The van der Waals surface area contributed by atoms with Gasteiger partial charge in [-0.25, -0.2) is 0 Å². The van der Waals surface area contributed by atoms with Gasteiger partial charge in [-0.1, -0.05) is 16.8 Å². The van der Waals surface area contributed by atoms with Gasteiger partial charge in [0, 0.05) is 0 Å². The van der Waals surface area contributed by atoms with Crippen molar-refractivity contribution in [2.45, 2.75) is 25.7 Å². The van der Waals surface area contributed by atoms with E-state index in [0.29, 0.717) is 24.9 Å². The lowest BCUT2D eigenvalue weighted by molar-refractivity contribution is 0.277. The molecule has 2 atom stereocenters. The van der Waals surface area contributed by atoms with Gasteiger partial charge < -0.3 is 0 Å². The first-order valence-electron chi connectivity index (χ1n) is 4.45. The van der Waals surface area contributed by atoms with Crippen molar-refractivity contribution in [2.24, 2.45) is 22.2 Å². The molecule has 0 N–H and O–H groups in total. The molecule has 0 spiro atoms. The summed E-state index contributed by atoms with van der Waals surface area (Å²) in [6, 6.07) is 0. The molecule has 1 aliphatic carbocycles. The van der Waals surface area contributed by atoms with Crippen LogP contribution in [0.15, 0.2) is 10.4 Å². The Morgan fingerprint density at radius 3 is 1.92 bits per heavy atom. The Morgan fingerprint density at radius 1 is 1.00 bits per heavy atom. The van der Waals surface area contributed by atoms with Crippen LogP contribution in [0.5, 0.6) is 0 Å². The van der Waals surface area contributed by atoms with Crippen LogP contribution in [0.2, 0.25) is 0 Å². The fourth-order valence-corrected chi connectivity index (χ4v) is 1.94. The Bertz CT molecular complexity index is 145. The summed E-state index contributed by atoms with van der Waals surface area (Å²) >= 11 is 0. The summed E-state index contributed by atoms with van der Waals surface area (Å²) < 4.78 is 0. The minimum atomic E-state index is 0.406. The van der Waals surface area contributed by atoms with Crippen LogP contribution in [0.4, 0.5) is 0 Å². The van der Waals surface area contributed by atoms with Gasteiger partial charge in [0.1, 0.15) is 0 Å². The van der Waals surface area contributed by atoms with Crippen molar-refractivity contribution in [2.75, 3.05) is 13.1 Å². The van der Waals surface area contributed by atoms with E-state index in [0.717, 1.165) is 25.7 Å². The van der Waals surface area contributed by atoms with E-state index in [9.17, 15) is 9.81 Å². The summed E-state index contributed by atoms with van der Waals surface area (Å²) in [6.45, 7) is 0.824. The minimum Gasteiger partial charge on any atom is -0.151 e. The molecule has 0 radical (unpaired) electrons. The Kier molecular flexibility index (Phi) is 3.84. The van der Waals surface area contributed by atoms with Crippen LogP contribution in [0, 0.1) is 21.6 Å². The average molecular weight is 170 g/mol. The van der Waals surface area contributed by atoms with E-state index in [1.165, 1.54) is 0 Å². The summed E-state index contributed by atoms with van der Waals surface area (Å²) in [5.74, 6) is 0.811. The van der Waals surface area contributed by atoms with Gasteiger partial charge in [0.25, 0.3) is 0 Å². The number of nitrogens with zero attached hydrogens (tertiary/aromatic N) is 2. The molecule has 1 fully saturated rings. The molecule has 4 heteroatoms. The predicted molar refractivity (Wildman–Crippen MR) is 46.8 cm³/mol. The first kappa shape index (κ1) is 9.29. The van der Waals surface area contributed by atoms with E-state index in [1.54, 1.807) is 0 Å². The lowest BCUT2D eigenvalue weighted by atomic mass is 9.81. The summed E-state index contributed by atoms with van der Waals surface area (Å²) in [5.41, 5.74) is 0. The maximum Gasteiger partial charge on any atom is 0.0839 e. The lowest BCUT2D eigenvalue weighted by Gasteiger charge is -2.25. The second kappa shape index (κ2) is 4.95. The van der Waals surface area contributed by atoms with Gasteiger partial charge in [0.15, 0.2) is 0 Å². The molecule has 0 saturated heterocycles. The Labute approximate surface area is 71.7 Å². The van der Waals surface area contributed by atoms with Gasteiger partial charge >= 0.3 is 0 Å². The second-order valence-electron chi connectivity index (χ2n) is 3.52. The summed E-state index contributed by atoms with van der Waals surface area (Å²) in [7, 11) is 0. The molecule has 0 aromatic carbocycles. The first-order chi connectivity index (χ1) is 5.86. The van der Waals surface area contributed by atoms with Crippen molar-refractivity contribution in [1.82, 2.24) is 0 Å². The van der Waals surface area contributed by atoms with Gasteiger partial charge in [0.2, 0.25) is 0 Å². The van der Waals surface area contributed by atoms with E-state index in [1.807, 2.05) is 0 Å². The zero-order chi connectivity index (χ0) is 8.81. The molecule has 1 aliphatic rings. The highest BCUT2D eigenvalue weighted by Gasteiger charge is 2.21. The van der Waals surface area contributed by atoms with E-state index in [-0.39, 0.29) is 0 Å². The summed E-state index contributed by atoms with van der Waals surface area (Å²) in [6.07, 6.45) is 4.24. The van der Waals surface area contributed by atoms with Gasteiger partial charge in [-0.05, 0) is 31.1 Å². The zero-order valence-corrected chi connectivity index (χ0v) is 7.11. The van der Waals surface area contributed by atoms with Crippen molar-refractivity contribution in [3.8, 4) is 0 Å². The Hall–Kier alpha value is -0.800. The third-order valence-corrected chi connectivity index (χ3v) is 2.56. The smallest absolute Gasteiger partial charge is 0.0839 e. The standard InChI is InChI=1S/C8H14N2O2/c11-9-5-7-2-1-3-8(4-7)6-10-12/h7-8H,1-6H2. The number of hydrogen-bond acceptors (Lipinski definition) is 4. The fourth-order valence-electron chi connectivity index (χ4n) is 1.94. The second-order valence-corrected chi connectivity index (χ2v) is 3.52. The molecule has 1 saturated carbocycles. The first-order valence-corrected chi connectivity index (χ1v) is 4.45. The minimum absolute atomic E-state index is 0.406. The Balaban J connectivity index is 2.29. The summed E-state index contributed by atoms with van der Waals surface area (Å²) in [5, 5.41) is 5.79. The van der Waals surface area contributed by atoms with Crippen LogP contribution in [-0.2, 0) is 0 Å². The highest BCUT2D eigenvalue weighted by molar-refractivity contribution is 4.75.